The van der Waals surface area contributed by atoms with Gasteiger partial charge in [0.2, 0.25) is 0 Å². The van der Waals surface area contributed by atoms with Crippen LogP contribution in [0.15, 0.2) is 18.2 Å². The number of ether oxygens (including phenoxy) is 1. The Morgan fingerprint density at radius 1 is 1.43 bits per heavy atom. The lowest BCUT2D eigenvalue weighted by Gasteiger charge is -2.06. The third kappa shape index (κ3) is 2.12. The van der Waals surface area contributed by atoms with Gasteiger partial charge >= 0.3 is 0 Å². The molecular formula is C11H13NO2. The molecular weight excluding hydrogens is 178 g/mol. The zero-order valence-electron chi connectivity index (χ0n) is 7.90. The number of nitrogens with two attached hydrogens (primary N) is 1. The second-order valence-corrected chi connectivity index (χ2v) is 3.55. The van der Waals surface area contributed by atoms with Crippen LogP contribution in [0.2, 0.25) is 0 Å². The molecule has 0 saturated heterocycles. The first-order chi connectivity index (χ1) is 6.81. The first kappa shape index (κ1) is 9.21. The van der Waals surface area contributed by atoms with Crippen molar-refractivity contribution in [1.82, 2.24) is 0 Å². The van der Waals surface area contributed by atoms with Crippen LogP contribution in [-0.2, 0) is 6.54 Å². The molecule has 0 spiro atoms. The Kier molecular flexibility index (Phi) is 2.50. The molecule has 1 fully saturated rings. The van der Waals surface area contributed by atoms with Crippen LogP contribution in [0.4, 0.5) is 0 Å². The molecule has 74 valence electrons. The van der Waals surface area contributed by atoms with E-state index >= 15 is 0 Å². The molecule has 1 saturated carbocycles. The highest BCUT2D eigenvalue weighted by Crippen LogP contribution is 2.27. The number of hydrogen-bond acceptors (Lipinski definition) is 3. The minimum atomic E-state index is 0.350. The van der Waals surface area contributed by atoms with Crippen LogP contribution in [-0.4, -0.2) is 12.4 Å². The fourth-order valence-electron chi connectivity index (χ4n) is 1.32. The molecule has 1 aliphatic rings. The van der Waals surface area contributed by atoms with Gasteiger partial charge in [0.1, 0.15) is 12.0 Å². The fraction of sp³-hybridized carbons (Fsp3) is 0.364. The SMILES string of the molecule is NCc1cc(C=O)cc(OC2CC2)c1. The van der Waals surface area contributed by atoms with Crippen LogP contribution >= 0.6 is 0 Å². The van der Waals surface area contributed by atoms with Crippen molar-refractivity contribution in [3.63, 3.8) is 0 Å². The molecule has 0 aromatic heterocycles. The molecule has 0 radical (unpaired) electrons. The zero-order chi connectivity index (χ0) is 9.97. The lowest BCUT2D eigenvalue weighted by Crippen LogP contribution is -2.01. The highest BCUT2D eigenvalue weighted by atomic mass is 16.5. The summed E-state index contributed by atoms with van der Waals surface area (Å²) in [6, 6.07) is 5.43. The van der Waals surface area contributed by atoms with Crippen molar-refractivity contribution < 1.29 is 9.53 Å². The van der Waals surface area contributed by atoms with E-state index in [2.05, 4.69) is 0 Å². The third-order valence-electron chi connectivity index (χ3n) is 2.19. The summed E-state index contributed by atoms with van der Waals surface area (Å²) in [4.78, 5) is 10.6. The van der Waals surface area contributed by atoms with Gasteiger partial charge in [-0.25, -0.2) is 0 Å². The van der Waals surface area contributed by atoms with E-state index in [1.54, 1.807) is 12.1 Å². The zero-order valence-corrected chi connectivity index (χ0v) is 7.90. The Hall–Kier alpha value is -1.35. The summed E-state index contributed by atoms with van der Waals surface area (Å²) < 4.78 is 5.60. The third-order valence-corrected chi connectivity index (χ3v) is 2.19. The molecule has 0 aliphatic heterocycles. The van der Waals surface area contributed by atoms with Crippen molar-refractivity contribution in [2.24, 2.45) is 5.73 Å². The van der Waals surface area contributed by atoms with Crippen molar-refractivity contribution in [3.05, 3.63) is 29.3 Å². The van der Waals surface area contributed by atoms with E-state index in [1.807, 2.05) is 6.07 Å². The van der Waals surface area contributed by atoms with Crippen LogP contribution in [0.3, 0.4) is 0 Å². The molecule has 3 heteroatoms. The lowest BCUT2D eigenvalue weighted by molar-refractivity contribution is 0.112. The van der Waals surface area contributed by atoms with Crippen LogP contribution in [0.5, 0.6) is 5.75 Å². The summed E-state index contributed by atoms with van der Waals surface area (Å²) in [5.74, 6) is 0.762. The average molecular weight is 191 g/mol. The van der Waals surface area contributed by atoms with Crippen LogP contribution in [0.25, 0.3) is 0 Å². The Morgan fingerprint density at radius 2 is 2.21 bits per heavy atom. The average Bonchev–Trinajstić information content (AvgIpc) is 3.01. The predicted octanol–water partition coefficient (Wildman–Crippen LogP) is 1.50. The first-order valence-electron chi connectivity index (χ1n) is 4.77. The summed E-state index contributed by atoms with van der Waals surface area (Å²) >= 11 is 0. The maximum Gasteiger partial charge on any atom is 0.150 e. The molecule has 0 atom stereocenters. The van der Waals surface area contributed by atoms with E-state index in [-0.39, 0.29) is 0 Å². The van der Waals surface area contributed by atoms with E-state index in [0.29, 0.717) is 18.2 Å². The summed E-state index contributed by atoms with van der Waals surface area (Å²) in [7, 11) is 0. The van der Waals surface area contributed by atoms with E-state index in [4.69, 9.17) is 10.5 Å². The van der Waals surface area contributed by atoms with E-state index in [0.717, 1.165) is 30.4 Å². The van der Waals surface area contributed by atoms with E-state index in [9.17, 15) is 4.79 Å². The maximum absolute atomic E-state index is 10.6. The largest absolute Gasteiger partial charge is 0.490 e. The van der Waals surface area contributed by atoms with E-state index in [1.165, 1.54) is 0 Å². The number of carbonyl (C=O) groups is 1. The van der Waals surface area contributed by atoms with Crippen molar-refractivity contribution >= 4 is 6.29 Å². The Labute approximate surface area is 82.9 Å². The van der Waals surface area contributed by atoms with Gasteiger partial charge in [-0.05, 0) is 36.6 Å². The van der Waals surface area contributed by atoms with Gasteiger partial charge in [-0.15, -0.1) is 0 Å². The summed E-state index contributed by atoms with van der Waals surface area (Å²) in [5, 5.41) is 0. The Morgan fingerprint density at radius 3 is 2.79 bits per heavy atom. The molecule has 1 aliphatic carbocycles. The minimum Gasteiger partial charge on any atom is -0.490 e. The second-order valence-electron chi connectivity index (χ2n) is 3.55. The van der Waals surface area contributed by atoms with Gasteiger partial charge in [-0.3, -0.25) is 4.79 Å². The first-order valence-corrected chi connectivity index (χ1v) is 4.77. The van der Waals surface area contributed by atoms with Crippen molar-refractivity contribution in [3.8, 4) is 5.75 Å². The second kappa shape index (κ2) is 3.80. The van der Waals surface area contributed by atoms with Gasteiger partial charge in [0.25, 0.3) is 0 Å². The van der Waals surface area contributed by atoms with Gasteiger partial charge < -0.3 is 10.5 Å². The number of benzene rings is 1. The molecule has 0 bridgehead atoms. The van der Waals surface area contributed by atoms with Gasteiger partial charge in [0.05, 0.1) is 6.10 Å². The van der Waals surface area contributed by atoms with Crippen LogP contribution < -0.4 is 10.5 Å². The lowest BCUT2D eigenvalue weighted by atomic mass is 10.1. The summed E-state index contributed by atoms with van der Waals surface area (Å²) in [6.45, 7) is 0.433. The molecule has 1 aromatic carbocycles. The molecule has 0 heterocycles. The Bertz CT molecular complexity index is 345. The predicted molar refractivity (Wildman–Crippen MR) is 53.4 cm³/mol. The van der Waals surface area contributed by atoms with Gasteiger partial charge in [0, 0.05) is 12.1 Å². The number of rotatable bonds is 4. The highest BCUT2D eigenvalue weighted by Gasteiger charge is 2.23. The minimum absolute atomic E-state index is 0.350. The van der Waals surface area contributed by atoms with E-state index < -0.39 is 0 Å². The fourth-order valence-corrected chi connectivity index (χ4v) is 1.32. The van der Waals surface area contributed by atoms with Gasteiger partial charge in [-0.2, -0.15) is 0 Å². The van der Waals surface area contributed by atoms with Crippen LogP contribution in [0, 0.1) is 0 Å². The quantitative estimate of drug-likeness (QED) is 0.734. The highest BCUT2D eigenvalue weighted by molar-refractivity contribution is 5.76. The molecule has 1 aromatic rings. The topological polar surface area (TPSA) is 52.3 Å². The standard InChI is InChI=1S/C11H13NO2/c12-6-8-3-9(7-13)5-11(4-8)14-10-1-2-10/h3-5,7,10H,1-2,6,12H2. The normalized spacial score (nSPS) is 15.2. The van der Waals surface area contributed by atoms with Gasteiger partial charge in [0.15, 0.2) is 0 Å². The van der Waals surface area contributed by atoms with Crippen molar-refractivity contribution in [1.29, 1.82) is 0 Å². The molecule has 0 amide bonds. The maximum atomic E-state index is 10.6. The Balaban J connectivity index is 2.23. The van der Waals surface area contributed by atoms with Crippen LogP contribution in [0.1, 0.15) is 28.8 Å². The van der Waals surface area contributed by atoms with Gasteiger partial charge in [-0.1, -0.05) is 0 Å². The summed E-state index contributed by atoms with van der Waals surface area (Å²) in [6.07, 6.45) is 3.40. The summed E-state index contributed by atoms with van der Waals surface area (Å²) in [5.41, 5.74) is 7.08. The number of hydrogen-bond donors (Lipinski definition) is 1. The molecule has 0 unspecified atom stereocenters. The van der Waals surface area contributed by atoms with Crippen molar-refractivity contribution in [2.75, 3.05) is 0 Å². The molecule has 14 heavy (non-hydrogen) atoms. The molecule has 3 nitrogen and oxygen atoms in total. The molecule has 2 N–H and O–H groups in total. The smallest absolute Gasteiger partial charge is 0.150 e. The molecule has 2 rings (SSSR count). The number of aldehydes is 1. The van der Waals surface area contributed by atoms with Crippen molar-refractivity contribution in [2.45, 2.75) is 25.5 Å². The monoisotopic (exact) mass is 191 g/mol. The number of carbonyl (C=O) groups excluding carboxylic acids is 1.